The number of nitrogens with one attached hydrogen (secondary N) is 1. The zero-order chi connectivity index (χ0) is 10.1. The highest BCUT2D eigenvalue weighted by Gasteiger charge is 1.80. The zero-order valence-electron chi connectivity index (χ0n) is 8.20. The van der Waals surface area contributed by atoms with Gasteiger partial charge in [0.25, 0.3) is 0 Å². The fourth-order valence-corrected chi connectivity index (χ4v) is 0.557. The lowest BCUT2D eigenvalue weighted by Crippen LogP contribution is -2.11. The SMILES string of the molecule is CNC(C)=O.COc1ccccc1. The molecule has 0 bridgehead atoms. The Morgan fingerprint density at radius 3 is 2.00 bits per heavy atom. The van der Waals surface area contributed by atoms with Crippen molar-refractivity contribution in [1.29, 1.82) is 0 Å². The van der Waals surface area contributed by atoms with Crippen molar-refractivity contribution in [3.63, 3.8) is 0 Å². The van der Waals surface area contributed by atoms with E-state index in [1.165, 1.54) is 6.92 Å². The van der Waals surface area contributed by atoms with Crippen molar-refractivity contribution in [3.05, 3.63) is 30.3 Å². The van der Waals surface area contributed by atoms with Crippen LogP contribution in [0.4, 0.5) is 0 Å². The number of benzene rings is 1. The summed E-state index contributed by atoms with van der Waals surface area (Å²) < 4.78 is 4.91. The Balaban J connectivity index is 0.000000252. The van der Waals surface area contributed by atoms with Gasteiger partial charge in [-0.2, -0.15) is 0 Å². The van der Waals surface area contributed by atoms with E-state index < -0.39 is 0 Å². The van der Waals surface area contributed by atoms with Crippen LogP contribution >= 0.6 is 0 Å². The summed E-state index contributed by atoms with van der Waals surface area (Å²) >= 11 is 0. The smallest absolute Gasteiger partial charge is 0.216 e. The molecule has 0 aliphatic rings. The van der Waals surface area contributed by atoms with Gasteiger partial charge in [0.1, 0.15) is 5.75 Å². The fraction of sp³-hybridized carbons (Fsp3) is 0.300. The molecule has 1 aromatic carbocycles. The van der Waals surface area contributed by atoms with E-state index in [-0.39, 0.29) is 5.91 Å². The number of methoxy groups -OCH3 is 1. The average Bonchev–Trinajstić information content (AvgIpc) is 2.20. The molecular formula is C10H15NO2. The number of hydrogen-bond donors (Lipinski definition) is 1. The molecule has 0 saturated heterocycles. The molecule has 1 aromatic rings. The molecule has 1 N–H and O–H groups in total. The Morgan fingerprint density at radius 1 is 1.31 bits per heavy atom. The van der Waals surface area contributed by atoms with E-state index in [9.17, 15) is 4.79 Å². The van der Waals surface area contributed by atoms with E-state index in [0.717, 1.165) is 5.75 Å². The van der Waals surface area contributed by atoms with Crippen molar-refractivity contribution in [3.8, 4) is 5.75 Å². The van der Waals surface area contributed by atoms with Gasteiger partial charge < -0.3 is 10.1 Å². The predicted molar refractivity (Wildman–Crippen MR) is 52.7 cm³/mol. The van der Waals surface area contributed by atoms with E-state index in [1.807, 2.05) is 30.3 Å². The molecule has 0 fully saturated rings. The minimum atomic E-state index is 0.00463. The van der Waals surface area contributed by atoms with Crippen LogP contribution in [0.1, 0.15) is 6.92 Å². The lowest BCUT2D eigenvalue weighted by atomic mass is 10.3. The molecule has 0 aromatic heterocycles. The van der Waals surface area contributed by atoms with Gasteiger partial charge in [-0.3, -0.25) is 4.79 Å². The number of para-hydroxylation sites is 1. The molecule has 0 atom stereocenters. The summed E-state index contributed by atoms with van der Waals surface area (Å²) in [6.45, 7) is 1.47. The molecule has 0 spiro atoms. The van der Waals surface area contributed by atoms with Gasteiger partial charge in [-0.15, -0.1) is 0 Å². The molecular weight excluding hydrogens is 166 g/mol. The van der Waals surface area contributed by atoms with Gasteiger partial charge in [0.15, 0.2) is 0 Å². The zero-order valence-corrected chi connectivity index (χ0v) is 8.20. The third-order valence-electron chi connectivity index (χ3n) is 1.33. The number of rotatable bonds is 1. The lowest BCUT2D eigenvalue weighted by molar-refractivity contribution is -0.118. The molecule has 0 radical (unpaired) electrons. The van der Waals surface area contributed by atoms with Gasteiger partial charge in [-0.05, 0) is 12.1 Å². The molecule has 1 rings (SSSR count). The maximum atomic E-state index is 9.70. The standard InChI is InChI=1S/C7H8O.C3H7NO/c1-8-7-5-3-2-4-6-7;1-3(5)4-2/h2-6H,1H3;1-2H3,(H,4,5). The molecule has 0 aliphatic carbocycles. The molecule has 0 saturated carbocycles. The Morgan fingerprint density at radius 2 is 1.77 bits per heavy atom. The van der Waals surface area contributed by atoms with Gasteiger partial charge in [-0.25, -0.2) is 0 Å². The Hall–Kier alpha value is -1.51. The van der Waals surface area contributed by atoms with Crippen molar-refractivity contribution in [2.45, 2.75) is 6.92 Å². The number of carbonyl (C=O) groups excluding carboxylic acids is 1. The topological polar surface area (TPSA) is 38.3 Å². The molecule has 0 heterocycles. The van der Waals surface area contributed by atoms with Crippen molar-refractivity contribution in [2.75, 3.05) is 14.2 Å². The Bertz CT molecular complexity index is 234. The quantitative estimate of drug-likeness (QED) is 0.712. The summed E-state index contributed by atoms with van der Waals surface area (Å²) in [5, 5.41) is 2.39. The third kappa shape index (κ3) is 6.87. The van der Waals surface area contributed by atoms with E-state index in [0.29, 0.717) is 0 Å². The van der Waals surface area contributed by atoms with E-state index >= 15 is 0 Å². The minimum absolute atomic E-state index is 0.00463. The molecule has 3 heteroatoms. The van der Waals surface area contributed by atoms with Crippen LogP contribution in [-0.2, 0) is 4.79 Å². The second-order valence-corrected chi connectivity index (χ2v) is 2.32. The summed E-state index contributed by atoms with van der Waals surface area (Å²) in [7, 11) is 3.26. The highest BCUT2D eigenvalue weighted by atomic mass is 16.5. The first-order valence-corrected chi connectivity index (χ1v) is 3.98. The summed E-state index contributed by atoms with van der Waals surface area (Å²) in [6, 6.07) is 9.68. The van der Waals surface area contributed by atoms with Gasteiger partial charge in [0.05, 0.1) is 7.11 Å². The van der Waals surface area contributed by atoms with Crippen LogP contribution in [-0.4, -0.2) is 20.1 Å². The maximum Gasteiger partial charge on any atom is 0.216 e. The number of amides is 1. The normalized spacial score (nSPS) is 7.92. The van der Waals surface area contributed by atoms with Crippen LogP contribution in [0.2, 0.25) is 0 Å². The van der Waals surface area contributed by atoms with Crippen LogP contribution < -0.4 is 10.1 Å². The Kier molecular flexibility index (Phi) is 6.32. The molecule has 1 amide bonds. The van der Waals surface area contributed by atoms with Crippen molar-refractivity contribution in [2.24, 2.45) is 0 Å². The first-order chi connectivity index (χ1) is 6.20. The first-order valence-electron chi connectivity index (χ1n) is 3.98. The molecule has 13 heavy (non-hydrogen) atoms. The highest BCUT2D eigenvalue weighted by Crippen LogP contribution is 2.05. The first kappa shape index (κ1) is 11.5. The summed E-state index contributed by atoms with van der Waals surface area (Å²) in [5.41, 5.74) is 0. The molecule has 3 nitrogen and oxygen atoms in total. The second-order valence-electron chi connectivity index (χ2n) is 2.32. The monoisotopic (exact) mass is 181 g/mol. The van der Waals surface area contributed by atoms with Crippen LogP contribution in [0.5, 0.6) is 5.75 Å². The third-order valence-corrected chi connectivity index (χ3v) is 1.33. The van der Waals surface area contributed by atoms with Crippen LogP contribution in [0.3, 0.4) is 0 Å². The molecule has 0 aliphatic heterocycles. The van der Waals surface area contributed by atoms with Gasteiger partial charge in [0, 0.05) is 14.0 Å². The van der Waals surface area contributed by atoms with E-state index in [1.54, 1.807) is 14.2 Å². The molecule has 0 unspecified atom stereocenters. The van der Waals surface area contributed by atoms with Crippen molar-refractivity contribution >= 4 is 5.91 Å². The second kappa shape index (κ2) is 7.16. The van der Waals surface area contributed by atoms with Crippen LogP contribution in [0, 0.1) is 0 Å². The molecule has 72 valence electrons. The van der Waals surface area contributed by atoms with Gasteiger partial charge in [0.2, 0.25) is 5.91 Å². The maximum absolute atomic E-state index is 9.70. The predicted octanol–water partition coefficient (Wildman–Crippen LogP) is 1.45. The van der Waals surface area contributed by atoms with Crippen LogP contribution in [0.25, 0.3) is 0 Å². The largest absolute Gasteiger partial charge is 0.497 e. The van der Waals surface area contributed by atoms with Gasteiger partial charge in [-0.1, -0.05) is 18.2 Å². The fourth-order valence-electron chi connectivity index (χ4n) is 0.557. The van der Waals surface area contributed by atoms with Crippen LogP contribution in [0.15, 0.2) is 30.3 Å². The van der Waals surface area contributed by atoms with Crippen molar-refractivity contribution < 1.29 is 9.53 Å². The average molecular weight is 181 g/mol. The number of carbonyl (C=O) groups is 1. The van der Waals surface area contributed by atoms with E-state index in [2.05, 4.69) is 5.32 Å². The lowest BCUT2D eigenvalue weighted by Gasteiger charge is -1.93. The summed E-state index contributed by atoms with van der Waals surface area (Å²) in [6.07, 6.45) is 0. The van der Waals surface area contributed by atoms with E-state index in [4.69, 9.17) is 4.74 Å². The summed E-state index contributed by atoms with van der Waals surface area (Å²) in [5.74, 6) is 0.914. The van der Waals surface area contributed by atoms with Crippen molar-refractivity contribution in [1.82, 2.24) is 5.32 Å². The minimum Gasteiger partial charge on any atom is -0.497 e. The van der Waals surface area contributed by atoms with Gasteiger partial charge >= 0.3 is 0 Å². The number of ether oxygens (including phenoxy) is 1. The number of hydrogen-bond acceptors (Lipinski definition) is 2. The Labute approximate surface area is 78.7 Å². The highest BCUT2D eigenvalue weighted by molar-refractivity contribution is 5.72. The summed E-state index contributed by atoms with van der Waals surface area (Å²) in [4.78, 5) is 9.70.